The predicted molar refractivity (Wildman–Crippen MR) is 111 cm³/mol. The number of halogens is 8. The van der Waals surface area contributed by atoms with Crippen molar-refractivity contribution in [1.82, 2.24) is 25.1 Å². The van der Waals surface area contributed by atoms with Gasteiger partial charge in [-0.05, 0) is 25.0 Å². The van der Waals surface area contributed by atoms with E-state index >= 15 is 0 Å². The molecule has 3 atom stereocenters. The van der Waals surface area contributed by atoms with Gasteiger partial charge in [0.1, 0.15) is 11.4 Å². The highest BCUT2D eigenvalue weighted by atomic mass is 19.4. The maximum atomic E-state index is 14.8. The third-order valence-corrected chi connectivity index (χ3v) is 6.66. The zero-order chi connectivity index (χ0) is 27.6. The van der Waals surface area contributed by atoms with Crippen molar-refractivity contribution in [3.05, 3.63) is 53.5 Å². The zero-order valence-corrected chi connectivity index (χ0v) is 19.2. The van der Waals surface area contributed by atoms with Gasteiger partial charge in [-0.25, -0.2) is 23.5 Å². The third kappa shape index (κ3) is 4.30. The van der Waals surface area contributed by atoms with Crippen molar-refractivity contribution in [2.45, 2.75) is 50.1 Å². The lowest BCUT2D eigenvalue weighted by Crippen LogP contribution is -2.71. The van der Waals surface area contributed by atoms with Gasteiger partial charge < -0.3 is 14.6 Å². The van der Waals surface area contributed by atoms with Gasteiger partial charge in [0.25, 0.3) is 0 Å². The molecular formula is C22H16F8N6O2. The van der Waals surface area contributed by atoms with Crippen LogP contribution in [-0.4, -0.2) is 43.3 Å². The number of carbonyl (C=O) groups excluding carboxylic acids is 1. The highest BCUT2D eigenvalue weighted by Gasteiger charge is 2.66. The Balaban J connectivity index is 1.51. The number of carbonyl (C=O) groups is 1. The second-order valence-corrected chi connectivity index (χ2v) is 9.09. The van der Waals surface area contributed by atoms with E-state index in [9.17, 15) is 39.9 Å². The van der Waals surface area contributed by atoms with E-state index in [2.05, 4.69) is 25.5 Å². The summed E-state index contributed by atoms with van der Waals surface area (Å²) in [6, 6.07) is -1.27. The number of fused-ring (bicyclic) bond motifs is 2. The topological polar surface area (TPSA) is 97.0 Å². The van der Waals surface area contributed by atoms with E-state index < -0.39 is 83.0 Å². The number of likely N-dealkylation sites (tertiary alicyclic amines) is 1. The molecule has 3 heterocycles. The lowest BCUT2D eigenvalue weighted by atomic mass is 9.63. The molecule has 5 rings (SSSR count). The summed E-state index contributed by atoms with van der Waals surface area (Å²) in [5.41, 5.74) is -4.59. The molecule has 38 heavy (non-hydrogen) atoms. The smallest absolute Gasteiger partial charge is 0.417 e. The minimum Gasteiger partial charge on any atom is -0.423 e. The number of rotatable bonds is 3. The van der Waals surface area contributed by atoms with E-state index in [-0.39, 0.29) is 24.3 Å². The van der Waals surface area contributed by atoms with E-state index in [1.807, 2.05) is 0 Å². The fraction of sp³-hybridized carbons (Fsp3) is 0.409. The van der Waals surface area contributed by atoms with Crippen molar-refractivity contribution in [3.63, 3.8) is 0 Å². The van der Waals surface area contributed by atoms with Crippen LogP contribution in [0.5, 0.6) is 0 Å². The highest BCUT2D eigenvalue weighted by Crippen LogP contribution is 2.58. The molecule has 1 aliphatic carbocycles. The van der Waals surface area contributed by atoms with Gasteiger partial charge in [0.2, 0.25) is 11.8 Å². The predicted octanol–water partition coefficient (Wildman–Crippen LogP) is 5.61. The summed E-state index contributed by atoms with van der Waals surface area (Å²) in [4.78, 5) is 21.3. The molecule has 1 saturated heterocycles. The summed E-state index contributed by atoms with van der Waals surface area (Å²) in [7, 11) is 0. The Morgan fingerprint density at radius 1 is 1.08 bits per heavy atom. The Morgan fingerprint density at radius 3 is 2.34 bits per heavy atom. The molecule has 1 unspecified atom stereocenters. The molecular weight excluding hydrogens is 532 g/mol. The van der Waals surface area contributed by atoms with Crippen molar-refractivity contribution in [2.24, 2.45) is 5.92 Å². The first-order valence-corrected chi connectivity index (χ1v) is 11.1. The first-order chi connectivity index (χ1) is 17.7. The molecule has 202 valence electrons. The molecule has 0 spiro atoms. The van der Waals surface area contributed by atoms with Crippen LogP contribution < -0.4 is 5.32 Å². The molecule has 1 saturated carbocycles. The monoisotopic (exact) mass is 548 g/mol. The van der Waals surface area contributed by atoms with Crippen LogP contribution in [-0.2, 0) is 11.7 Å². The number of alkyl halides is 6. The number of urea groups is 1. The number of anilines is 1. The number of aromatic nitrogens is 4. The maximum absolute atomic E-state index is 14.8. The van der Waals surface area contributed by atoms with E-state index in [1.54, 1.807) is 0 Å². The average Bonchev–Trinajstić information content (AvgIpc) is 3.26. The second-order valence-electron chi connectivity index (χ2n) is 9.09. The van der Waals surface area contributed by atoms with Gasteiger partial charge in [-0.2, -0.15) is 26.3 Å². The Bertz CT molecular complexity index is 1390. The van der Waals surface area contributed by atoms with Gasteiger partial charge in [0, 0.05) is 24.9 Å². The van der Waals surface area contributed by atoms with Crippen LogP contribution in [0.3, 0.4) is 0 Å². The number of hydrogen-bond acceptors (Lipinski definition) is 6. The van der Waals surface area contributed by atoms with Gasteiger partial charge in [-0.3, -0.25) is 0 Å². The second kappa shape index (κ2) is 8.59. The molecule has 1 aliphatic heterocycles. The maximum Gasteiger partial charge on any atom is 0.417 e. The number of nitrogens with zero attached hydrogens (tertiary/aromatic N) is 5. The molecule has 2 amide bonds. The Morgan fingerprint density at radius 2 is 1.76 bits per heavy atom. The summed E-state index contributed by atoms with van der Waals surface area (Å²) in [5, 5.41) is 9.57. The van der Waals surface area contributed by atoms with Crippen molar-refractivity contribution >= 4 is 11.7 Å². The van der Waals surface area contributed by atoms with Crippen LogP contribution in [0.15, 0.2) is 28.9 Å². The van der Waals surface area contributed by atoms with Crippen LogP contribution in [0.4, 0.5) is 45.6 Å². The number of hydrogen-bond donors (Lipinski definition) is 1. The average molecular weight is 548 g/mol. The van der Waals surface area contributed by atoms with Crippen molar-refractivity contribution in [3.8, 4) is 11.4 Å². The summed E-state index contributed by atoms with van der Waals surface area (Å²) < 4.78 is 115. The lowest BCUT2D eigenvalue weighted by Gasteiger charge is -2.61. The minimum atomic E-state index is -5.06. The molecule has 2 bridgehead atoms. The van der Waals surface area contributed by atoms with Crippen molar-refractivity contribution in [1.29, 1.82) is 0 Å². The lowest BCUT2D eigenvalue weighted by molar-refractivity contribution is -0.229. The molecule has 3 aromatic rings. The fourth-order valence-electron chi connectivity index (χ4n) is 5.09. The summed E-state index contributed by atoms with van der Waals surface area (Å²) >= 11 is 0. The van der Waals surface area contributed by atoms with Crippen molar-refractivity contribution < 1.29 is 44.3 Å². The molecule has 1 N–H and O–H groups in total. The molecule has 2 fully saturated rings. The van der Waals surface area contributed by atoms with Crippen LogP contribution in [0.25, 0.3) is 11.4 Å². The molecule has 8 nitrogen and oxygen atoms in total. The van der Waals surface area contributed by atoms with E-state index in [0.717, 1.165) is 4.90 Å². The fourth-order valence-corrected chi connectivity index (χ4v) is 5.09. The van der Waals surface area contributed by atoms with E-state index in [4.69, 9.17) is 4.42 Å². The first kappa shape index (κ1) is 25.8. The number of amides is 2. The van der Waals surface area contributed by atoms with E-state index in [0.29, 0.717) is 18.5 Å². The van der Waals surface area contributed by atoms with E-state index in [1.165, 1.54) is 6.92 Å². The number of nitrogens with one attached hydrogen (secondary N) is 1. The van der Waals surface area contributed by atoms with Gasteiger partial charge in [-0.15, -0.1) is 10.2 Å². The molecule has 0 radical (unpaired) electrons. The number of aryl methyl sites for hydroxylation is 1. The normalized spacial score (nSPS) is 23.2. The van der Waals surface area contributed by atoms with Gasteiger partial charge in [0.15, 0.2) is 11.6 Å². The Kier molecular flexibility index (Phi) is 5.83. The zero-order valence-electron chi connectivity index (χ0n) is 19.2. The quantitative estimate of drug-likeness (QED) is 0.428. The van der Waals surface area contributed by atoms with Gasteiger partial charge in [-0.1, -0.05) is 0 Å². The summed E-state index contributed by atoms with van der Waals surface area (Å²) in [6.07, 6.45) is -9.36. The Hall–Kier alpha value is -3.85. The highest BCUT2D eigenvalue weighted by molar-refractivity contribution is 5.92. The summed E-state index contributed by atoms with van der Waals surface area (Å²) in [6.45, 7) is 1.41. The van der Waals surface area contributed by atoms with Crippen molar-refractivity contribution in [2.75, 3.05) is 5.32 Å². The summed E-state index contributed by atoms with van der Waals surface area (Å²) in [5.74, 6) is -4.96. The number of benzene rings is 1. The molecule has 1 aromatic carbocycles. The van der Waals surface area contributed by atoms with Gasteiger partial charge in [0.05, 0.1) is 29.6 Å². The Labute approximate surface area is 208 Å². The first-order valence-electron chi connectivity index (χ1n) is 11.1. The number of piperidine rings is 1. The molecule has 16 heteroatoms. The van der Waals surface area contributed by atoms with Gasteiger partial charge >= 0.3 is 18.4 Å². The van der Waals surface area contributed by atoms with Crippen LogP contribution in [0, 0.1) is 24.5 Å². The SMILES string of the molecule is Cc1nnc(C23C[C@@H](C[C@@H](C(F)(F)F)C2)N3C(=O)Nc2cc(-c3ncc(F)cn3)c(C(F)(F)F)cc2F)o1. The third-order valence-electron chi connectivity index (χ3n) is 6.66. The molecule has 2 aromatic heterocycles. The standard InChI is InChI=1S/C22H16F8N6O2/c1-9-34-35-18(38-9)20-5-10(21(25,26)27)2-12(6-20)36(20)19(37)33-16-3-13(17-31-7-11(23)8-32-17)14(4-15(16)24)22(28,29)30/h3-4,7-8,10,12H,2,5-6H2,1H3,(H,33,37)/t10-,12-,20?/m1/s1. The van der Waals surface area contributed by atoms with Crippen LogP contribution in [0.2, 0.25) is 0 Å². The molecule has 2 aliphatic rings. The minimum absolute atomic E-state index is 0.0463. The van der Waals surface area contributed by atoms with Crippen LogP contribution in [0.1, 0.15) is 36.6 Å². The van der Waals surface area contributed by atoms with Crippen LogP contribution >= 0.6 is 0 Å². The largest absolute Gasteiger partial charge is 0.423 e.